The van der Waals surface area contributed by atoms with Crippen LogP contribution in [-0.4, -0.2) is 88.2 Å². The lowest BCUT2D eigenvalue weighted by Crippen LogP contribution is -2.60. The number of aromatic nitrogens is 2. The van der Waals surface area contributed by atoms with Gasteiger partial charge in [0, 0.05) is 61.3 Å². The summed E-state index contributed by atoms with van der Waals surface area (Å²) in [6, 6.07) is 5.65. The van der Waals surface area contributed by atoms with E-state index in [0.717, 1.165) is 6.07 Å². The number of halogens is 3. The van der Waals surface area contributed by atoms with Gasteiger partial charge in [-0.25, -0.2) is 13.8 Å². The Labute approximate surface area is 251 Å². The van der Waals surface area contributed by atoms with E-state index in [4.69, 9.17) is 16.6 Å². The van der Waals surface area contributed by atoms with Gasteiger partial charge in [0.1, 0.15) is 22.9 Å². The number of hydrogen-bond acceptors (Lipinski definition) is 7. The van der Waals surface area contributed by atoms with Gasteiger partial charge < -0.3 is 19.8 Å². The van der Waals surface area contributed by atoms with Crippen LogP contribution in [0.5, 0.6) is 5.75 Å². The zero-order chi connectivity index (χ0) is 29.7. The highest BCUT2D eigenvalue weighted by Gasteiger charge is 2.37. The molecule has 0 saturated carbocycles. The zero-order valence-electron chi connectivity index (χ0n) is 23.9. The SMILES string of the molecule is C.C=CC(=O)N1C[C@H](C)N(c2nc(N3CC(N(C)C(C)C)C3)nc3c(F)c(-c4c(O)cccc4F)c(Cl)cc23)C[C@H]1C. The molecule has 42 heavy (non-hydrogen) atoms. The Hall–Kier alpha value is -3.50. The maximum Gasteiger partial charge on any atom is 0.246 e. The molecule has 1 aromatic heterocycles. The lowest BCUT2D eigenvalue weighted by Gasteiger charge is -2.46. The van der Waals surface area contributed by atoms with Crippen LogP contribution < -0.4 is 9.80 Å². The summed E-state index contributed by atoms with van der Waals surface area (Å²) >= 11 is 6.60. The van der Waals surface area contributed by atoms with E-state index in [9.17, 15) is 14.3 Å². The van der Waals surface area contributed by atoms with Gasteiger partial charge in [-0.2, -0.15) is 4.98 Å². The molecule has 1 amide bonds. The van der Waals surface area contributed by atoms with Gasteiger partial charge in [-0.3, -0.25) is 9.69 Å². The summed E-state index contributed by atoms with van der Waals surface area (Å²) in [6.45, 7) is 14.0. The topological polar surface area (TPSA) is 76.0 Å². The van der Waals surface area contributed by atoms with Gasteiger partial charge in [0.15, 0.2) is 5.82 Å². The second kappa shape index (κ2) is 12.0. The highest BCUT2D eigenvalue weighted by Crippen LogP contribution is 2.43. The predicted molar refractivity (Wildman–Crippen MR) is 165 cm³/mol. The molecule has 2 saturated heterocycles. The minimum absolute atomic E-state index is 0. The minimum atomic E-state index is -0.838. The Bertz CT molecular complexity index is 1490. The lowest BCUT2D eigenvalue weighted by atomic mass is 10.00. The number of nitrogens with zero attached hydrogens (tertiary/aromatic N) is 6. The fourth-order valence-electron chi connectivity index (χ4n) is 5.66. The number of benzene rings is 2. The van der Waals surface area contributed by atoms with E-state index in [1.807, 2.05) is 23.6 Å². The van der Waals surface area contributed by atoms with E-state index in [-0.39, 0.29) is 47.1 Å². The quantitative estimate of drug-likeness (QED) is 0.363. The molecule has 1 N–H and O–H groups in total. The maximum absolute atomic E-state index is 16.4. The Morgan fingerprint density at radius 2 is 1.83 bits per heavy atom. The molecule has 2 atom stereocenters. The largest absolute Gasteiger partial charge is 0.507 e. The molecule has 2 fully saturated rings. The Morgan fingerprint density at radius 3 is 2.45 bits per heavy atom. The molecular formula is C31H39ClF2N6O2. The third kappa shape index (κ3) is 5.38. The van der Waals surface area contributed by atoms with Gasteiger partial charge in [-0.15, -0.1) is 0 Å². The van der Waals surface area contributed by atoms with Gasteiger partial charge in [0.2, 0.25) is 11.9 Å². The summed E-state index contributed by atoms with van der Waals surface area (Å²) < 4.78 is 31.3. The van der Waals surface area contributed by atoms with E-state index in [2.05, 4.69) is 37.4 Å². The second-order valence-corrected chi connectivity index (χ2v) is 11.7. The van der Waals surface area contributed by atoms with Crippen molar-refractivity contribution in [3.05, 3.63) is 53.6 Å². The van der Waals surface area contributed by atoms with Gasteiger partial charge in [-0.05, 0) is 59.0 Å². The molecular weight excluding hydrogens is 562 g/mol. The van der Waals surface area contributed by atoms with Crippen molar-refractivity contribution in [1.29, 1.82) is 0 Å². The zero-order valence-corrected chi connectivity index (χ0v) is 24.7. The predicted octanol–water partition coefficient (Wildman–Crippen LogP) is 5.71. The first kappa shape index (κ1) is 31.4. The number of amides is 1. The van der Waals surface area contributed by atoms with Crippen molar-refractivity contribution in [2.75, 3.05) is 43.0 Å². The van der Waals surface area contributed by atoms with Crippen molar-refractivity contribution < 1.29 is 18.7 Å². The fourth-order valence-corrected chi connectivity index (χ4v) is 5.95. The van der Waals surface area contributed by atoms with Crippen LogP contribution in [0.2, 0.25) is 5.02 Å². The van der Waals surface area contributed by atoms with E-state index in [1.54, 1.807) is 4.90 Å². The van der Waals surface area contributed by atoms with Crippen molar-refractivity contribution in [1.82, 2.24) is 19.8 Å². The Balaban J connectivity index is 0.00000405. The minimum Gasteiger partial charge on any atom is -0.507 e. The number of phenols is 1. The van der Waals surface area contributed by atoms with Crippen LogP contribution in [0.4, 0.5) is 20.5 Å². The molecule has 8 nitrogen and oxygen atoms in total. The monoisotopic (exact) mass is 600 g/mol. The maximum atomic E-state index is 16.4. The third-order valence-electron chi connectivity index (χ3n) is 8.34. The van der Waals surface area contributed by atoms with Gasteiger partial charge >= 0.3 is 0 Å². The molecule has 2 aliphatic heterocycles. The van der Waals surface area contributed by atoms with Crippen molar-refractivity contribution in [2.24, 2.45) is 0 Å². The van der Waals surface area contributed by atoms with Crippen molar-refractivity contribution in [2.45, 2.75) is 59.3 Å². The van der Waals surface area contributed by atoms with Crippen LogP contribution >= 0.6 is 11.6 Å². The van der Waals surface area contributed by atoms with E-state index >= 15 is 4.39 Å². The first-order valence-corrected chi connectivity index (χ1v) is 14.1. The van der Waals surface area contributed by atoms with Crippen LogP contribution in [-0.2, 0) is 4.79 Å². The summed E-state index contributed by atoms with van der Waals surface area (Å²) in [5, 5.41) is 10.7. The average Bonchev–Trinajstić information content (AvgIpc) is 2.90. The standard InChI is InChI=1S/C30H35ClF2N6O2.CH4/c1-7-24(41)38-12-18(5)39(13-17(38)4)29-20-11-21(31)25(26-22(32)9-8-10-23(26)40)27(33)28(20)34-30(35-29)37-14-19(15-37)36(6)16(2)3;/h7-11,16-19,40H,1,12-15H2,2-6H3;1H4/t17-,18+;/m1./s1. The number of aromatic hydroxyl groups is 1. The van der Waals surface area contributed by atoms with Gasteiger partial charge in [0.25, 0.3) is 0 Å². The summed E-state index contributed by atoms with van der Waals surface area (Å²) in [5.41, 5.74) is -0.592. The fraction of sp³-hybridized carbons (Fsp3) is 0.452. The van der Waals surface area contributed by atoms with Crippen molar-refractivity contribution in [3.8, 4) is 16.9 Å². The van der Waals surface area contributed by atoms with E-state index in [1.165, 1.54) is 24.3 Å². The number of carbonyl (C=O) groups excluding carboxylic acids is 1. The average molecular weight is 601 g/mol. The van der Waals surface area contributed by atoms with Crippen LogP contribution in [0.3, 0.4) is 0 Å². The molecule has 2 aliphatic rings. The number of hydrogen-bond donors (Lipinski definition) is 1. The number of anilines is 2. The molecule has 2 aromatic carbocycles. The summed E-state index contributed by atoms with van der Waals surface area (Å²) in [5.74, 6) is -1.37. The third-order valence-corrected chi connectivity index (χ3v) is 8.64. The molecule has 5 rings (SSSR count). The highest BCUT2D eigenvalue weighted by atomic mass is 35.5. The molecule has 11 heteroatoms. The molecule has 0 radical (unpaired) electrons. The number of rotatable bonds is 6. The highest BCUT2D eigenvalue weighted by molar-refractivity contribution is 6.34. The van der Waals surface area contributed by atoms with Gasteiger partial charge in [-0.1, -0.05) is 31.7 Å². The van der Waals surface area contributed by atoms with Crippen molar-refractivity contribution in [3.63, 3.8) is 0 Å². The molecule has 0 unspecified atom stereocenters. The van der Waals surface area contributed by atoms with Crippen molar-refractivity contribution >= 4 is 40.2 Å². The normalized spacial score (nSPS) is 19.3. The molecule has 226 valence electrons. The van der Waals surface area contributed by atoms with Crippen LogP contribution in [0.25, 0.3) is 22.0 Å². The molecule has 0 bridgehead atoms. The first-order valence-electron chi connectivity index (χ1n) is 13.8. The van der Waals surface area contributed by atoms with Crippen LogP contribution in [0.15, 0.2) is 36.9 Å². The summed E-state index contributed by atoms with van der Waals surface area (Å²) in [4.78, 5) is 30.1. The number of fused-ring (bicyclic) bond motifs is 1. The number of piperazine rings is 1. The van der Waals surface area contributed by atoms with Crippen LogP contribution in [0.1, 0.15) is 35.1 Å². The molecule has 0 aliphatic carbocycles. The van der Waals surface area contributed by atoms with E-state index < -0.39 is 17.4 Å². The molecule has 3 heterocycles. The number of likely N-dealkylation sites (N-methyl/N-ethyl adjacent to an activating group) is 1. The Kier molecular flexibility index (Phi) is 8.99. The molecule has 3 aromatic rings. The summed E-state index contributed by atoms with van der Waals surface area (Å²) in [7, 11) is 2.07. The number of phenolic OH excluding ortho intramolecular Hbond substituents is 1. The molecule has 0 spiro atoms. The van der Waals surface area contributed by atoms with E-state index in [0.29, 0.717) is 55.4 Å². The summed E-state index contributed by atoms with van der Waals surface area (Å²) in [6.07, 6.45) is 1.31. The number of carbonyl (C=O) groups is 1. The Morgan fingerprint density at radius 1 is 1.14 bits per heavy atom. The first-order chi connectivity index (χ1) is 19.4. The second-order valence-electron chi connectivity index (χ2n) is 11.3. The van der Waals surface area contributed by atoms with Gasteiger partial charge in [0.05, 0.1) is 10.6 Å². The van der Waals surface area contributed by atoms with Crippen LogP contribution in [0, 0.1) is 11.6 Å². The lowest BCUT2D eigenvalue weighted by molar-refractivity contribution is -0.128. The smallest absolute Gasteiger partial charge is 0.246 e.